The van der Waals surface area contributed by atoms with Gasteiger partial charge < -0.3 is 10.6 Å². The fraction of sp³-hybridized carbons (Fsp3) is 0.263. The third-order valence-corrected chi connectivity index (χ3v) is 4.47. The van der Waals surface area contributed by atoms with Gasteiger partial charge in [0.1, 0.15) is 6.07 Å². The van der Waals surface area contributed by atoms with Gasteiger partial charge in [0.2, 0.25) is 0 Å². The minimum Gasteiger partial charge on any atom is -0.387 e. The van der Waals surface area contributed by atoms with Crippen molar-refractivity contribution in [1.82, 2.24) is 15.6 Å². The van der Waals surface area contributed by atoms with Crippen LogP contribution in [0.1, 0.15) is 23.2 Å². The molecule has 0 fully saturated rings. The average Bonchev–Trinajstić information content (AvgIpc) is 2.94. The summed E-state index contributed by atoms with van der Waals surface area (Å²) >= 11 is 12.0. The molecule has 4 nitrogen and oxygen atoms in total. The molecule has 0 atom stereocenters. The molecule has 0 spiro atoms. The van der Waals surface area contributed by atoms with E-state index >= 15 is 0 Å². The summed E-state index contributed by atoms with van der Waals surface area (Å²) in [6.45, 7) is 2.39. The Morgan fingerprint density at radius 1 is 1.16 bits per heavy atom. The van der Waals surface area contributed by atoms with Crippen molar-refractivity contribution in [3.63, 3.8) is 0 Å². The Morgan fingerprint density at radius 3 is 2.72 bits per heavy atom. The topological polar surface area (TPSA) is 60.7 Å². The summed E-state index contributed by atoms with van der Waals surface area (Å²) in [5, 5.41) is 17.4. The van der Waals surface area contributed by atoms with E-state index in [4.69, 9.17) is 23.2 Å². The zero-order valence-corrected chi connectivity index (χ0v) is 15.2. The number of nitrogens with zero attached hydrogens (tertiary/aromatic N) is 2. The standard InChI is InChI=1S/C19H18Cl2N4/c20-15-7-13(8-16(21)10-15)12-23-4-2-6-24-18-9-14-3-1-5-25-19(14)17(18)11-22/h1,3,5,7-8,10,23-24H,2,4,6,9,12H2. The van der Waals surface area contributed by atoms with Crippen molar-refractivity contribution in [2.24, 2.45) is 0 Å². The minimum absolute atomic E-state index is 0.649. The number of pyridine rings is 1. The van der Waals surface area contributed by atoms with Crippen molar-refractivity contribution in [3.8, 4) is 6.07 Å². The van der Waals surface area contributed by atoms with Crippen LogP contribution in [0.15, 0.2) is 42.2 Å². The Kier molecular flexibility index (Phi) is 5.93. The fourth-order valence-corrected chi connectivity index (χ4v) is 3.47. The normalized spacial score (nSPS) is 12.8. The molecule has 3 rings (SSSR count). The van der Waals surface area contributed by atoms with Crippen LogP contribution in [0.4, 0.5) is 0 Å². The molecule has 2 N–H and O–H groups in total. The molecule has 0 saturated carbocycles. The summed E-state index contributed by atoms with van der Waals surface area (Å²) in [6.07, 6.45) is 3.42. The number of nitriles is 1. The highest BCUT2D eigenvalue weighted by molar-refractivity contribution is 6.34. The molecule has 6 heteroatoms. The molecular weight excluding hydrogens is 355 g/mol. The van der Waals surface area contributed by atoms with E-state index in [0.29, 0.717) is 15.6 Å². The summed E-state index contributed by atoms with van der Waals surface area (Å²) in [6, 6.07) is 11.7. The van der Waals surface area contributed by atoms with Crippen molar-refractivity contribution in [2.45, 2.75) is 19.4 Å². The van der Waals surface area contributed by atoms with Crippen LogP contribution in [0, 0.1) is 11.3 Å². The van der Waals surface area contributed by atoms with Crippen molar-refractivity contribution < 1.29 is 0 Å². The first-order valence-electron chi connectivity index (χ1n) is 8.14. The Labute approximate surface area is 157 Å². The highest BCUT2D eigenvalue weighted by Crippen LogP contribution is 2.28. The number of fused-ring (bicyclic) bond motifs is 1. The van der Waals surface area contributed by atoms with E-state index in [1.165, 1.54) is 0 Å². The molecular formula is C19H18Cl2N4. The molecule has 128 valence electrons. The SMILES string of the molecule is N#CC1=C(NCCCNCc2cc(Cl)cc(Cl)c2)Cc2cccnc21. The zero-order chi connectivity index (χ0) is 17.6. The van der Waals surface area contributed by atoms with Gasteiger partial charge in [-0.1, -0.05) is 29.3 Å². The zero-order valence-electron chi connectivity index (χ0n) is 13.6. The van der Waals surface area contributed by atoms with Crippen LogP contribution in [0.3, 0.4) is 0 Å². The van der Waals surface area contributed by atoms with E-state index in [9.17, 15) is 5.26 Å². The van der Waals surface area contributed by atoms with Crippen LogP contribution in [-0.4, -0.2) is 18.1 Å². The molecule has 2 aromatic rings. The molecule has 0 unspecified atom stereocenters. The van der Waals surface area contributed by atoms with Crippen molar-refractivity contribution in [1.29, 1.82) is 5.26 Å². The minimum atomic E-state index is 0.649. The number of rotatable bonds is 7. The number of hydrogen-bond acceptors (Lipinski definition) is 4. The Bertz CT molecular complexity index is 819. The maximum Gasteiger partial charge on any atom is 0.103 e. The quantitative estimate of drug-likeness (QED) is 0.722. The maximum absolute atomic E-state index is 9.37. The number of aromatic nitrogens is 1. The van der Waals surface area contributed by atoms with Gasteiger partial charge in [0, 0.05) is 41.4 Å². The molecule has 1 aromatic heterocycles. The third kappa shape index (κ3) is 4.52. The third-order valence-electron chi connectivity index (χ3n) is 4.03. The molecule has 1 aliphatic carbocycles. The maximum atomic E-state index is 9.37. The summed E-state index contributed by atoms with van der Waals surface area (Å²) < 4.78 is 0. The highest BCUT2D eigenvalue weighted by atomic mass is 35.5. The van der Waals surface area contributed by atoms with Gasteiger partial charge >= 0.3 is 0 Å². The van der Waals surface area contributed by atoms with Crippen LogP contribution >= 0.6 is 23.2 Å². The smallest absolute Gasteiger partial charge is 0.103 e. The van der Waals surface area contributed by atoms with Gasteiger partial charge in [-0.3, -0.25) is 4.98 Å². The van der Waals surface area contributed by atoms with Crippen LogP contribution in [0.5, 0.6) is 0 Å². The van der Waals surface area contributed by atoms with Crippen LogP contribution in [0.25, 0.3) is 5.57 Å². The number of benzene rings is 1. The summed E-state index contributed by atoms with van der Waals surface area (Å²) in [5.74, 6) is 0. The van der Waals surface area contributed by atoms with Crippen molar-refractivity contribution in [2.75, 3.05) is 13.1 Å². The summed E-state index contributed by atoms with van der Waals surface area (Å²) in [4.78, 5) is 4.31. The first-order chi connectivity index (χ1) is 12.2. The van der Waals surface area contributed by atoms with E-state index in [1.807, 2.05) is 24.3 Å². The molecule has 0 aliphatic heterocycles. The molecule has 0 bridgehead atoms. The van der Waals surface area contributed by atoms with E-state index in [1.54, 1.807) is 12.3 Å². The molecule has 1 aliphatic rings. The highest BCUT2D eigenvalue weighted by Gasteiger charge is 2.21. The lowest BCUT2D eigenvalue weighted by Gasteiger charge is -2.09. The Balaban J connectivity index is 1.43. The Hall–Kier alpha value is -2.06. The molecule has 25 heavy (non-hydrogen) atoms. The van der Waals surface area contributed by atoms with E-state index in [0.717, 1.165) is 55.0 Å². The second-order valence-corrected chi connectivity index (χ2v) is 6.76. The molecule has 1 heterocycles. The molecule has 1 aromatic carbocycles. The van der Waals surface area contributed by atoms with E-state index < -0.39 is 0 Å². The van der Waals surface area contributed by atoms with Crippen molar-refractivity contribution >= 4 is 28.8 Å². The largest absolute Gasteiger partial charge is 0.387 e. The van der Waals surface area contributed by atoms with Gasteiger partial charge in [0.15, 0.2) is 0 Å². The van der Waals surface area contributed by atoms with Gasteiger partial charge in [-0.25, -0.2) is 0 Å². The first kappa shape index (κ1) is 17.8. The number of hydrogen-bond donors (Lipinski definition) is 2. The molecule has 0 saturated heterocycles. The molecule has 0 amide bonds. The first-order valence-corrected chi connectivity index (χ1v) is 8.90. The lowest BCUT2D eigenvalue weighted by molar-refractivity contribution is 0.624. The Morgan fingerprint density at radius 2 is 1.96 bits per heavy atom. The summed E-state index contributed by atoms with van der Waals surface area (Å²) in [5.41, 5.74) is 4.62. The predicted molar refractivity (Wildman–Crippen MR) is 101 cm³/mol. The monoisotopic (exact) mass is 372 g/mol. The van der Waals surface area contributed by atoms with E-state index in [-0.39, 0.29) is 0 Å². The van der Waals surface area contributed by atoms with Gasteiger partial charge in [0.05, 0.1) is 11.3 Å². The second-order valence-electron chi connectivity index (χ2n) is 5.89. The van der Waals surface area contributed by atoms with Gasteiger partial charge in [-0.15, -0.1) is 0 Å². The van der Waals surface area contributed by atoms with Gasteiger partial charge in [0.25, 0.3) is 0 Å². The van der Waals surface area contributed by atoms with Gasteiger partial charge in [-0.2, -0.15) is 5.26 Å². The van der Waals surface area contributed by atoms with Gasteiger partial charge in [-0.05, 0) is 48.4 Å². The van der Waals surface area contributed by atoms with Crippen LogP contribution in [0.2, 0.25) is 10.0 Å². The predicted octanol–water partition coefficient (Wildman–Crippen LogP) is 3.95. The lowest BCUT2D eigenvalue weighted by Crippen LogP contribution is -2.22. The van der Waals surface area contributed by atoms with Crippen LogP contribution in [-0.2, 0) is 13.0 Å². The number of nitrogens with one attached hydrogen (secondary N) is 2. The van der Waals surface area contributed by atoms with E-state index in [2.05, 4.69) is 21.7 Å². The van der Waals surface area contributed by atoms with Crippen LogP contribution < -0.4 is 10.6 Å². The fourth-order valence-electron chi connectivity index (χ4n) is 2.90. The average molecular weight is 373 g/mol. The van der Waals surface area contributed by atoms with Crippen molar-refractivity contribution in [3.05, 3.63) is 69.1 Å². The lowest BCUT2D eigenvalue weighted by atomic mass is 10.2. The second kappa shape index (κ2) is 8.35. The number of halogens is 2. The number of allylic oxidation sites excluding steroid dienone is 2. The summed E-state index contributed by atoms with van der Waals surface area (Å²) in [7, 11) is 0. The molecule has 0 radical (unpaired) electrons.